The van der Waals surface area contributed by atoms with Gasteiger partial charge in [0.15, 0.2) is 0 Å². The SMILES string of the molecule is NCC#Cc1cc(F)cc(Cn2cc(F)c(=O)[nH]c2=O)c1. The van der Waals surface area contributed by atoms with Crippen LogP contribution in [0.3, 0.4) is 0 Å². The van der Waals surface area contributed by atoms with Crippen LogP contribution in [0.4, 0.5) is 8.78 Å². The summed E-state index contributed by atoms with van der Waals surface area (Å²) in [7, 11) is 0. The zero-order chi connectivity index (χ0) is 15.4. The van der Waals surface area contributed by atoms with Crippen LogP contribution in [0, 0.1) is 23.5 Å². The fraction of sp³-hybridized carbons (Fsp3) is 0.143. The number of rotatable bonds is 2. The third-order valence-corrected chi connectivity index (χ3v) is 2.61. The van der Waals surface area contributed by atoms with Crippen molar-refractivity contribution in [1.29, 1.82) is 0 Å². The number of hydrogen-bond acceptors (Lipinski definition) is 3. The summed E-state index contributed by atoms with van der Waals surface area (Å²) in [6.45, 7) is 0.0397. The van der Waals surface area contributed by atoms with Gasteiger partial charge in [-0.3, -0.25) is 14.3 Å². The second-order valence-electron chi connectivity index (χ2n) is 4.22. The van der Waals surface area contributed by atoms with Crippen LogP contribution in [-0.2, 0) is 6.54 Å². The maximum atomic E-state index is 13.5. The lowest BCUT2D eigenvalue weighted by atomic mass is 10.1. The van der Waals surface area contributed by atoms with Crippen LogP contribution in [0.25, 0.3) is 0 Å². The van der Waals surface area contributed by atoms with Gasteiger partial charge in [-0.05, 0) is 23.8 Å². The highest BCUT2D eigenvalue weighted by molar-refractivity contribution is 5.38. The van der Waals surface area contributed by atoms with Gasteiger partial charge < -0.3 is 5.73 Å². The maximum absolute atomic E-state index is 13.5. The Morgan fingerprint density at radius 1 is 1.24 bits per heavy atom. The fourth-order valence-corrected chi connectivity index (χ4v) is 1.76. The van der Waals surface area contributed by atoms with E-state index in [1.54, 1.807) is 6.07 Å². The third-order valence-electron chi connectivity index (χ3n) is 2.61. The predicted molar refractivity (Wildman–Crippen MR) is 72.7 cm³/mol. The summed E-state index contributed by atoms with van der Waals surface area (Å²) in [6.07, 6.45) is 0.775. The fourth-order valence-electron chi connectivity index (χ4n) is 1.76. The second-order valence-corrected chi connectivity index (χ2v) is 4.22. The van der Waals surface area contributed by atoms with Gasteiger partial charge in [-0.2, -0.15) is 4.39 Å². The monoisotopic (exact) mass is 291 g/mol. The van der Waals surface area contributed by atoms with Crippen LogP contribution in [0.1, 0.15) is 11.1 Å². The molecule has 1 aromatic heterocycles. The van der Waals surface area contributed by atoms with Crippen molar-refractivity contribution in [2.24, 2.45) is 5.73 Å². The third kappa shape index (κ3) is 3.64. The number of benzene rings is 1. The molecule has 0 saturated heterocycles. The molecule has 0 amide bonds. The summed E-state index contributed by atoms with van der Waals surface area (Å²) in [5.41, 5.74) is 4.17. The van der Waals surface area contributed by atoms with Crippen LogP contribution in [0.2, 0.25) is 0 Å². The van der Waals surface area contributed by atoms with Gasteiger partial charge in [0, 0.05) is 5.56 Å². The minimum absolute atomic E-state index is 0.0956. The van der Waals surface area contributed by atoms with E-state index in [1.807, 2.05) is 4.98 Å². The first-order valence-corrected chi connectivity index (χ1v) is 5.97. The van der Waals surface area contributed by atoms with Crippen molar-refractivity contribution in [2.75, 3.05) is 6.54 Å². The number of halogens is 2. The van der Waals surface area contributed by atoms with Crippen molar-refractivity contribution in [1.82, 2.24) is 9.55 Å². The lowest BCUT2D eigenvalue weighted by Gasteiger charge is -2.06. The van der Waals surface area contributed by atoms with E-state index in [0.717, 1.165) is 10.8 Å². The highest BCUT2D eigenvalue weighted by Gasteiger charge is 2.06. The van der Waals surface area contributed by atoms with Crippen LogP contribution in [-0.4, -0.2) is 16.1 Å². The molecule has 0 radical (unpaired) electrons. The quantitative estimate of drug-likeness (QED) is 0.774. The van der Waals surface area contributed by atoms with Gasteiger partial charge in [0.2, 0.25) is 5.82 Å². The summed E-state index contributed by atoms with van der Waals surface area (Å²) < 4.78 is 27.6. The van der Waals surface area contributed by atoms with Gasteiger partial charge in [-0.15, -0.1) is 0 Å². The summed E-state index contributed by atoms with van der Waals surface area (Å²) >= 11 is 0. The summed E-state index contributed by atoms with van der Waals surface area (Å²) in [5.74, 6) is 3.63. The normalized spacial score (nSPS) is 10.0. The molecule has 1 heterocycles. The molecular formula is C14H11F2N3O2. The molecule has 1 aromatic carbocycles. The van der Waals surface area contributed by atoms with Crippen LogP contribution < -0.4 is 17.0 Å². The van der Waals surface area contributed by atoms with Gasteiger partial charge in [0.25, 0.3) is 5.56 Å². The zero-order valence-corrected chi connectivity index (χ0v) is 10.8. The lowest BCUT2D eigenvalue weighted by Crippen LogP contribution is -2.31. The van der Waals surface area contributed by atoms with Crippen molar-refractivity contribution in [3.63, 3.8) is 0 Å². The number of H-pyrrole nitrogens is 1. The van der Waals surface area contributed by atoms with Crippen molar-refractivity contribution in [3.8, 4) is 11.8 Å². The summed E-state index contributed by atoms with van der Waals surface area (Å²) in [6, 6.07) is 3.98. The van der Waals surface area contributed by atoms with E-state index in [4.69, 9.17) is 5.73 Å². The average Bonchev–Trinajstić information content (AvgIpc) is 2.42. The van der Waals surface area contributed by atoms with E-state index >= 15 is 0 Å². The summed E-state index contributed by atoms with van der Waals surface area (Å²) in [5, 5.41) is 0. The average molecular weight is 291 g/mol. The Hall–Kier alpha value is -2.72. The molecule has 21 heavy (non-hydrogen) atoms. The van der Waals surface area contributed by atoms with E-state index in [2.05, 4.69) is 11.8 Å². The Morgan fingerprint density at radius 3 is 2.71 bits per heavy atom. The maximum Gasteiger partial charge on any atom is 0.328 e. The Bertz CT molecular complexity index is 844. The highest BCUT2D eigenvalue weighted by atomic mass is 19.1. The van der Waals surface area contributed by atoms with Crippen LogP contribution in [0.5, 0.6) is 0 Å². The van der Waals surface area contributed by atoms with Gasteiger partial charge >= 0.3 is 5.69 Å². The van der Waals surface area contributed by atoms with Crippen molar-refractivity contribution < 1.29 is 8.78 Å². The largest absolute Gasteiger partial charge is 0.328 e. The molecule has 7 heteroatoms. The molecule has 0 spiro atoms. The lowest BCUT2D eigenvalue weighted by molar-refractivity contribution is 0.564. The summed E-state index contributed by atoms with van der Waals surface area (Å²) in [4.78, 5) is 24.3. The molecule has 5 nitrogen and oxygen atoms in total. The van der Waals surface area contributed by atoms with E-state index in [0.29, 0.717) is 11.1 Å². The number of nitrogens with two attached hydrogens (primary N) is 1. The van der Waals surface area contributed by atoms with Crippen LogP contribution >= 0.6 is 0 Å². The number of nitrogens with zero attached hydrogens (tertiary/aromatic N) is 1. The van der Waals surface area contributed by atoms with Gasteiger partial charge in [0.05, 0.1) is 19.3 Å². The van der Waals surface area contributed by atoms with E-state index < -0.39 is 22.9 Å². The zero-order valence-electron chi connectivity index (χ0n) is 10.8. The molecule has 0 bridgehead atoms. The first kappa shape index (κ1) is 14.7. The number of nitrogens with one attached hydrogen (secondary N) is 1. The molecule has 0 aliphatic carbocycles. The molecule has 3 N–H and O–H groups in total. The Labute approximate surface area is 118 Å². The predicted octanol–water partition coefficient (Wildman–Crippen LogP) is 0.173. The van der Waals surface area contributed by atoms with E-state index in [9.17, 15) is 18.4 Å². The molecule has 0 unspecified atom stereocenters. The van der Waals surface area contributed by atoms with Crippen molar-refractivity contribution >= 4 is 0 Å². The Morgan fingerprint density at radius 2 is 2.00 bits per heavy atom. The number of aromatic amines is 1. The topological polar surface area (TPSA) is 80.9 Å². The van der Waals surface area contributed by atoms with Crippen molar-refractivity contribution in [2.45, 2.75) is 6.54 Å². The molecule has 0 aliphatic rings. The molecule has 2 rings (SSSR count). The number of aromatic nitrogens is 2. The molecule has 0 fully saturated rings. The standard InChI is InChI=1S/C14H11F2N3O2/c15-11-5-9(2-1-3-17)4-10(6-11)7-19-8-12(16)13(20)18-14(19)21/h4-6,8H,3,7,17H2,(H,18,20,21). The first-order chi connectivity index (χ1) is 9.99. The minimum atomic E-state index is -1.09. The molecule has 0 saturated carbocycles. The minimum Gasteiger partial charge on any atom is -0.320 e. The van der Waals surface area contributed by atoms with E-state index in [-0.39, 0.29) is 13.1 Å². The van der Waals surface area contributed by atoms with Gasteiger partial charge in [-0.1, -0.05) is 11.8 Å². The first-order valence-electron chi connectivity index (χ1n) is 5.97. The molecular weight excluding hydrogens is 280 g/mol. The second kappa shape index (κ2) is 6.15. The smallest absolute Gasteiger partial charge is 0.320 e. The van der Waals surface area contributed by atoms with E-state index in [1.165, 1.54) is 12.1 Å². The molecule has 108 valence electrons. The molecule has 0 aliphatic heterocycles. The van der Waals surface area contributed by atoms with Crippen molar-refractivity contribution in [3.05, 3.63) is 68.0 Å². The number of hydrogen-bond donors (Lipinski definition) is 2. The molecule has 2 aromatic rings. The Kier molecular flexibility index (Phi) is 4.30. The highest BCUT2D eigenvalue weighted by Crippen LogP contribution is 2.09. The van der Waals surface area contributed by atoms with Gasteiger partial charge in [-0.25, -0.2) is 9.18 Å². The molecule has 0 atom stereocenters. The van der Waals surface area contributed by atoms with Gasteiger partial charge in [0.1, 0.15) is 5.82 Å². The van der Waals surface area contributed by atoms with Crippen LogP contribution in [0.15, 0.2) is 34.0 Å². The Balaban J connectivity index is 2.40.